The molecule has 0 fully saturated rings. The fourth-order valence-electron chi connectivity index (χ4n) is 3.00. The number of fused-ring (bicyclic) bond motifs is 1. The van der Waals surface area contributed by atoms with Crippen LogP contribution in [0.3, 0.4) is 0 Å². The molecule has 0 bridgehead atoms. The van der Waals surface area contributed by atoms with Gasteiger partial charge in [0.2, 0.25) is 0 Å². The zero-order valence-corrected chi connectivity index (χ0v) is 15.8. The van der Waals surface area contributed by atoms with Crippen molar-refractivity contribution in [1.29, 1.82) is 0 Å². The lowest BCUT2D eigenvalue weighted by atomic mass is 10.1. The molecule has 1 aromatic heterocycles. The Hall–Kier alpha value is -2.30. The van der Waals surface area contributed by atoms with Gasteiger partial charge in [0.1, 0.15) is 0 Å². The van der Waals surface area contributed by atoms with Crippen LogP contribution < -0.4 is 0 Å². The van der Waals surface area contributed by atoms with Crippen molar-refractivity contribution in [3.8, 4) is 0 Å². The molecule has 0 aliphatic heterocycles. The molecule has 0 N–H and O–H groups in total. The number of nitrogens with zero attached hydrogens (tertiary/aromatic N) is 1. The standard InChI is InChI=1S/C21H29NO4/c1-3-4-5-6-7-8-9-10-15-26-20(23)18-12-11-17-13-14-22(19(17)16-18)21(24)25-2/h11-14,16H,3-10,15H2,1-2H3. The minimum Gasteiger partial charge on any atom is -0.462 e. The summed E-state index contributed by atoms with van der Waals surface area (Å²) in [6, 6.07) is 7.01. The third-order valence-electron chi connectivity index (χ3n) is 4.53. The van der Waals surface area contributed by atoms with Crippen LogP contribution in [0.15, 0.2) is 30.5 Å². The third kappa shape index (κ3) is 5.61. The van der Waals surface area contributed by atoms with Crippen LogP contribution in [0.5, 0.6) is 0 Å². The maximum atomic E-state index is 12.2. The quantitative estimate of drug-likeness (QED) is 0.412. The minimum absolute atomic E-state index is 0.354. The number of esters is 1. The lowest BCUT2D eigenvalue weighted by molar-refractivity contribution is 0.0497. The molecule has 0 aliphatic carbocycles. The van der Waals surface area contributed by atoms with Gasteiger partial charge in [-0.25, -0.2) is 9.59 Å². The summed E-state index contributed by atoms with van der Waals surface area (Å²) in [7, 11) is 1.33. The minimum atomic E-state index is -0.482. The number of methoxy groups -OCH3 is 1. The average Bonchev–Trinajstić information content (AvgIpc) is 3.09. The van der Waals surface area contributed by atoms with E-state index in [1.165, 1.54) is 50.2 Å². The van der Waals surface area contributed by atoms with Gasteiger partial charge in [0.05, 0.1) is 24.8 Å². The van der Waals surface area contributed by atoms with E-state index in [4.69, 9.17) is 9.47 Å². The molecule has 0 radical (unpaired) electrons. The number of carbonyl (C=O) groups is 2. The topological polar surface area (TPSA) is 57.5 Å². The highest BCUT2D eigenvalue weighted by Gasteiger charge is 2.13. The fraction of sp³-hybridized carbons (Fsp3) is 0.524. The van der Waals surface area contributed by atoms with Gasteiger partial charge in [-0.2, -0.15) is 0 Å². The normalized spacial score (nSPS) is 10.8. The number of unbranched alkanes of at least 4 members (excludes halogenated alkanes) is 7. The van der Waals surface area contributed by atoms with Gasteiger partial charge in [-0.05, 0) is 24.6 Å². The van der Waals surface area contributed by atoms with E-state index in [2.05, 4.69) is 6.92 Å². The van der Waals surface area contributed by atoms with Crippen LogP contribution in [0.25, 0.3) is 10.9 Å². The van der Waals surface area contributed by atoms with Crippen molar-refractivity contribution in [2.75, 3.05) is 13.7 Å². The zero-order chi connectivity index (χ0) is 18.8. The molecule has 142 valence electrons. The summed E-state index contributed by atoms with van der Waals surface area (Å²) in [5.74, 6) is -0.354. The average molecular weight is 359 g/mol. The Labute approximate surface area is 155 Å². The van der Waals surface area contributed by atoms with E-state index < -0.39 is 6.09 Å². The summed E-state index contributed by atoms with van der Waals surface area (Å²) in [4.78, 5) is 24.0. The second kappa shape index (κ2) is 10.6. The predicted octanol–water partition coefficient (Wildman–Crippen LogP) is 5.55. The number of hydrogen-bond acceptors (Lipinski definition) is 4. The Bertz CT molecular complexity index is 720. The van der Waals surface area contributed by atoms with E-state index in [-0.39, 0.29) is 5.97 Å². The fourth-order valence-corrected chi connectivity index (χ4v) is 3.00. The molecular weight excluding hydrogens is 330 g/mol. The summed E-state index contributed by atoms with van der Waals surface area (Å²) in [6.45, 7) is 2.66. The summed E-state index contributed by atoms with van der Waals surface area (Å²) in [5.41, 5.74) is 1.08. The molecule has 2 aromatic rings. The molecule has 0 unspecified atom stereocenters. The molecule has 0 spiro atoms. The SMILES string of the molecule is CCCCCCCCCCOC(=O)c1ccc2ccn(C(=O)OC)c2c1. The smallest absolute Gasteiger partial charge is 0.418 e. The van der Waals surface area contributed by atoms with Crippen molar-refractivity contribution >= 4 is 23.0 Å². The Morgan fingerprint density at radius 1 is 0.962 bits per heavy atom. The Morgan fingerprint density at radius 2 is 1.65 bits per heavy atom. The van der Waals surface area contributed by atoms with Crippen molar-refractivity contribution in [2.45, 2.75) is 58.3 Å². The molecule has 0 aliphatic rings. The highest BCUT2D eigenvalue weighted by Crippen LogP contribution is 2.19. The van der Waals surface area contributed by atoms with Gasteiger partial charge in [0, 0.05) is 11.6 Å². The van der Waals surface area contributed by atoms with Crippen molar-refractivity contribution in [2.24, 2.45) is 0 Å². The molecule has 0 amide bonds. The largest absolute Gasteiger partial charge is 0.462 e. The van der Waals surface area contributed by atoms with E-state index in [0.717, 1.165) is 18.2 Å². The highest BCUT2D eigenvalue weighted by atomic mass is 16.5. The molecule has 5 nitrogen and oxygen atoms in total. The number of hydrogen-bond donors (Lipinski definition) is 0. The van der Waals surface area contributed by atoms with Crippen molar-refractivity contribution in [1.82, 2.24) is 4.57 Å². The van der Waals surface area contributed by atoms with Gasteiger partial charge < -0.3 is 9.47 Å². The molecule has 0 saturated carbocycles. The van der Waals surface area contributed by atoms with Crippen molar-refractivity contribution in [3.05, 3.63) is 36.0 Å². The first-order valence-corrected chi connectivity index (χ1v) is 9.54. The van der Waals surface area contributed by atoms with Crippen LogP contribution in [0.1, 0.15) is 68.6 Å². The second-order valence-electron chi connectivity index (χ2n) is 6.54. The highest BCUT2D eigenvalue weighted by molar-refractivity contribution is 5.97. The monoisotopic (exact) mass is 359 g/mol. The number of ether oxygens (including phenoxy) is 2. The van der Waals surface area contributed by atoms with E-state index >= 15 is 0 Å². The van der Waals surface area contributed by atoms with Gasteiger partial charge in [0.15, 0.2) is 0 Å². The van der Waals surface area contributed by atoms with E-state index in [1.54, 1.807) is 18.3 Å². The van der Waals surface area contributed by atoms with Crippen LogP contribution >= 0.6 is 0 Å². The van der Waals surface area contributed by atoms with E-state index in [1.807, 2.05) is 12.1 Å². The molecular formula is C21H29NO4. The Morgan fingerprint density at radius 3 is 2.35 bits per heavy atom. The van der Waals surface area contributed by atoms with Crippen LogP contribution in [-0.2, 0) is 9.47 Å². The summed E-state index contributed by atoms with van der Waals surface area (Å²) in [5, 5.41) is 0.870. The Balaban J connectivity index is 1.78. The first-order chi connectivity index (χ1) is 12.7. The van der Waals surface area contributed by atoms with Crippen LogP contribution in [0.2, 0.25) is 0 Å². The molecule has 0 saturated heterocycles. The maximum absolute atomic E-state index is 12.2. The number of rotatable bonds is 10. The Kier molecular flexibility index (Phi) is 8.19. The molecule has 2 rings (SSSR count). The van der Waals surface area contributed by atoms with Gasteiger partial charge >= 0.3 is 12.1 Å². The maximum Gasteiger partial charge on any atom is 0.418 e. The van der Waals surface area contributed by atoms with Crippen LogP contribution in [0.4, 0.5) is 4.79 Å². The van der Waals surface area contributed by atoms with Crippen molar-refractivity contribution < 1.29 is 19.1 Å². The molecule has 1 aromatic carbocycles. The lowest BCUT2D eigenvalue weighted by Gasteiger charge is -2.06. The molecule has 0 atom stereocenters. The van der Waals surface area contributed by atoms with Crippen molar-refractivity contribution in [3.63, 3.8) is 0 Å². The third-order valence-corrected chi connectivity index (χ3v) is 4.53. The number of carbonyl (C=O) groups excluding carboxylic acids is 2. The van der Waals surface area contributed by atoms with E-state index in [9.17, 15) is 9.59 Å². The molecule has 5 heteroatoms. The molecule has 1 heterocycles. The van der Waals surface area contributed by atoms with Gasteiger partial charge in [-0.1, -0.05) is 57.9 Å². The second-order valence-corrected chi connectivity index (χ2v) is 6.54. The van der Waals surface area contributed by atoms with Gasteiger partial charge in [-0.3, -0.25) is 4.57 Å². The summed E-state index contributed by atoms with van der Waals surface area (Å²) < 4.78 is 11.5. The lowest BCUT2D eigenvalue weighted by Crippen LogP contribution is -2.10. The van der Waals surface area contributed by atoms with Gasteiger partial charge in [0.25, 0.3) is 0 Å². The summed E-state index contributed by atoms with van der Waals surface area (Å²) in [6.07, 6.45) is 10.8. The van der Waals surface area contributed by atoms with Crippen LogP contribution in [0, 0.1) is 0 Å². The van der Waals surface area contributed by atoms with Crippen LogP contribution in [-0.4, -0.2) is 30.3 Å². The number of benzene rings is 1. The first-order valence-electron chi connectivity index (χ1n) is 9.54. The first kappa shape index (κ1) is 20.0. The summed E-state index contributed by atoms with van der Waals surface area (Å²) >= 11 is 0. The number of aromatic nitrogens is 1. The van der Waals surface area contributed by atoms with Gasteiger partial charge in [-0.15, -0.1) is 0 Å². The predicted molar refractivity (Wildman–Crippen MR) is 103 cm³/mol. The molecule has 26 heavy (non-hydrogen) atoms. The zero-order valence-electron chi connectivity index (χ0n) is 15.8. The van der Waals surface area contributed by atoms with E-state index in [0.29, 0.717) is 17.7 Å².